The van der Waals surface area contributed by atoms with Gasteiger partial charge in [0.25, 0.3) is 5.69 Å². The minimum absolute atomic E-state index is 0.00725. The minimum atomic E-state index is -0.440. The highest BCUT2D eigenvalue weighted by Gasteiger charge is 2.17. The summed E-state index contributed by atoms with van der Waals surface area (Å²) in [5.74, 6) is 2.18. The zero-order valence-electron chi connectivity index (χ0n) is 12.8. The lowest BCUT2D eigenvalue weighted by atomic mass is 10.1. The summed E-state index contributed by atoms with van der Waals surface area (Å²) in [6, 6.07) is 5.35. The first-order chi connectivity index (χ1) is 10.5. The fourth-order valence-corrected chi connectivity index (χ4v) is 2.16. The van der Waals surface area contributed by atoms with Gasteiger partial charge in [0.05, 0.1) is 11.0 Å². The number of methoxy groups -OCH3 is 1. The van der Waals surface area contributed by atoms with Gasteiger partial charge >= 0.3 is 0 Å². The number of aromatic nitrogens is 1. The van der Waals surface area contributed by atoms with Gasteiger partial charge in [0.15, 0.2) is 0 Å². The summed E-state index contributed by atoms with van der Waals surface area (Å²) in [6.45, 7) is 4.13. The van der Waals surface area contributed by atoms with Crippen LogP contribution < -0.4 is 5.32 Å². The molecule has 1 N–H and O–H groups in total. The highest BCUT2D eigenvalue weighted by molar-refractivity contribution is 5.47. The molecular weight excluding hydrogens is 286 g/mol. The van der Waals surface area contributed by atoms with Crippen molar-refractivity contribution in [1.82, 2.24) is 4.98 Å². The van der Waals surface area contributed by atoms with Gasteiger partial charge in [0, 0.05) is 19.3 Å². The van der Waals surface area contributed by atoms with E-state index in [9.17, 15) is 10.1 Å². The Bertz CT molecular complexity index is 654. The summed E-state index contributed by atoms with van der Waals surface area (Å²) in [5, 5.41) is 14.1. The second-order valence-electron chi connectivity index (χ2n) is 5.04. The van der Waals surface area contributed by atoms with Crippen LogP contribution in [-0.2, 0) is 4.74 Å². The fraction of sp³-hybridized carbons (Fsp3) is 0.400. The number of furan rings is 1. The lowest BCUT2D eigenvalue weighted by Crippen LogP contribution is -2.13. The molecule has 0 saturated heterocycles. The van der Waals surface area contributed by atoms with Crippen LogP contribution in [0.5, 0.6) is 0 Å². The van der Waals surface area contributed by atoms with E-state index in [4.69, 9.17) is 9.15 Å². The molecule has 7 nitrogen and oxygen atoms in total. The van der Waals surface area contributed by atoms with Crippen molar-refractivity contribution in [2.24, 2.45) is 0 Å². The van der Waals surface area contributed by atoms with E-state index in [-0.39, 0.29) is 11.7 Å². The molecule has 1 atom stereocenters. The summed E-state index contributed by atoms with van der Waals surface area (Å²) in [5.41, 5.74) is 0.566. The number of anilines is 1. The molecule has 118 valence electrons. The first-order valence-electron chi connectivity index (χ1n) is 6.94. The summed E-state index contributed by atoms with van der Waals surface area (Å²) in [4.78, 5) is 14.5. The van der Waals surface area contributed by atoms with Crippen LogP contribution in [0, 0.1) is 24.0 Å². The largest absolute Gasteiger partial charge is 0.464 e. The predicted molar refractivity (Wildman–Crippen MR) is 81.9 cm³/mol. The molecule has 0 spiro atoms. The third-order valence-electron chi connectivity index (χ3n) is 3.32. The van der Waals surface area contributed by atoms with Crippen molar-refractivity contribution >= 4 is 11.5 Å². The van der Waals surface area contributed by atoms with Gasteiger partial charge in [-0.2, -0.15) is 0 Å². The van der Waals surface area contributed by atoms with Crippen LogP contribution in [0.3, 0.4) is 0 Å². The Labute approximate surface area is 128 Å². The van der Waals surface area contributed by atoms with Crippen molar-refractivity contribution < 1.29 is 14.1 Å². The topological polar surface area (TPSA) is 90.4 Å². The van der Waals surface area contributed by atoms with E-state index >= 15 is 0 Å². The quantitative estimate of drug-likeness (QED) is 0.623. The van der Waals surface area contributed by atoms with Crippen LogP contribution >= 0.6 is 0 Å². The average Bonchev–Trinajstić information content (AvgIpc) is 2.89. The van der Waals surface area contributed by atoms with Crippen molar-refractivity contribution in [2.45, 2.75) is 26.3 Å². The normalized spacial score (nSPS) is 12.1. The van der Waals surface area contributed by atoms with Gasteiger partial charge in [-0.1, -0.05) is 0 Å². The monoisotopic (exact) mass is 305 g/mol. The zero-order chi connectivity index (χ0) is 16.1. The van der Waals surface area contributed by atoms with Gasteiger partial charge in [-0.3, -0.25) is 10.1 Å². The van der Waals surface area contributed by atoms with Gasteiger partial charge in [0.2, 0.25) is 0 Å². The van der Waals surface area contributed by atoms with E-state index in [2.05, 4.69) is 10.3 Å². The van der Waals surface area contributed by atoms with Gasteiger partial charge in [-0.05, 0) is 38.5 Å². The minimum Gasteiger partial charge on any atom is -0.464 e. The highest BCUT2D eigenvalue weighted by Crippen LogP contribution is 2.26. The highest BCUT2D eigenvalue weighted by atomic mass is 16.6. The second kappa shape index (κ2) is 7.04. The molecule has 2 aromatic rings. The summed E-state index contributed by atoms with van der Waals surface area (Å²) < 4.78 is 10.8. The molecule has 22 heavy (non-hydrogen) atoms. The standard InChI is InChI=1S/C15H19N3O4/c1-10-8-15(16-9-13(10)18(19)20)17-12(6-7-21-3)14-5-4-11(2)22-14/h4-5,8-9,12H,6-7H2,1-3H3,(H,16,17)/t12-/m1/s1. The van der Waals surface area contributed by atoms with Crippen LogP contribution in [0.1, 0.15) is 29.5 Å². The number of rotatable bonds is 7. The lowest BCUT2D eigenvalue weighted by molar-refractivity contribution is -0.385. The van der Waals surface area contributed by atoms with E-state index in [0.29, 0.717) is 24.4 Å². The summed E-state index contributed by atoms with van der Waals surface area (Å²) in [6.07, 6.45) is 1.96. The number of nitrogens with one attached hydrogen (secondary N) is 1. The Morgan fingerprint density at radius 3 is 2.77 bits per heavy atom. The van der Waals surface area contributed by atoms with Gasteiger partial charge in [0.1, 0.15) is 23.5 Å². The van der Waals surface area contributed by atoms with Gasteiger partial charge in [-0.15, -0.1) is 0 Å². The molecule has 0 aliphatic carbocycles. The van der Waals surface area contributed by atoms with Crippen LogP contribution in [0.15, 0.2) is 28.8 Å². The molecule has 7 heteroatoms. The van der Waals surface area contributed by atoms with E-state index in [0.717, 1.165) is 11.5 Å². The zero-order valence-corrected chi connectivity index (χ0v) is 12.8. The molecule has 0 aliphatic rings. The van der Waals surface area contributed by atoms with Crippen molar-refractivity contribution in [3.8, 4) is 0 Å². The molecule has 2 rings (SSSR count). The van der Waals surface area contributed by atoms with Crippen LogP contribution in [0.4, 0.5) is 11.5 Å². The third-order valence-corrected chi connectivity index (χ3v) is 3.32. The molecule has 0 saturated carbocycles. The molecule has 0 fully saturated rings. The third kappa shape index (κ3) is 3.82. The number of hydrogen-bond acceptors (Lipinski definition) is 6. The molecule has 0 amide bonds. The Morgan fingerprint density at radius 2 is 2.23 bits per heavy atom. The molecule has 0 aliphatic heterocycles. The molecule has 0 aromatic carbocycles. The number of hydrogen-bond donors (Lipinski definition) is 1. The number of pyridine rings is 1. The van der Waals surface area contributed by atoms with Crippen molar-refractivity contribution in [3.63, 3.8) is 0 Å². The molecule has 0 radical (unpaired) electrons. The Kier molecular flexibility index (Phi) is 5.11. The van der Waals surface area contributed by atoms with E-state index in [1.165, 1.54) is 6.20 Å². The molecule has 2 aromatic heterocycles. The molecule has 0 bridgehead atoms. The number of ether oxygens (including phenoxy) is 1. The predicted octanol–water partition coefficient (Wildman–Crippen LogP) is 3.39. The SMILES string of the molecule is COCC[C@@H](Nc1cc(C)c([N+](=O)[O-])cn1)c1ccc(C)o1. The molecule has 0 unspecified atom stereocenters. The van der Waals surface area contributed by atoms with Crippen molar-refractivity contribution in [2.75, 3.05) is 19.0 Å². The Balaban J connectivity index is 2.19. The first kappa shape index (κ1) is 16.0. The van der Waals surface area contributed by atoms with Crippen LogP contribution in [0.25, 0.3) is 0 Å². The molecule has 2 heterocycles. The maximum absolute atomic E-state index is 10.8. The second-order valence-corrected chi connectivity index (χ2v) is 5.04. The van der Waals surface area contributed by atoms with E-state index < -0.39 is 4.92 Å². The Morgan fingerprint density at radius 1 is 1.45 bits per heavy atom. The van der Waals surface area contributed by atoms with E-state index in [1.807, 2.05) is 19.1 Å². The lowest BCUT2D eigenvalue weighted by Gasteiger charge is -2.17. The van der Waals surface area contributed by atoms with E-state index in [1.54, 1.807) is 20.1 Å². The molecular formula is C15H19N3O4. The van der Waals surface area contributed by atoms with Gasteiger partial charge in [-0.25, -0.2) is 4.98 Å². The average molecular weight is 305 g/mol. The maximum atomic E-state index is 10.8. The summed E-state index contributed by atoms with van der Waals surface area (Å²) >= 11 is 0. The fourth-order valence-electron chi connectivity index (χ4n) is 2.16. The van der Waals surface area contributed by atoms with Crippen molar-refractivity contribution in [1.29, 1.82) is 0 Å². The number of aryl methyl sites for hydroxylation is 2. The smallest absolute Gasteiger partial charge is 0.290 e. The Hall–Kier alpha value is -2.41. The van der Waals surface area contributed by atoms with Crippen molar-refractivity contribution in [3.05, 3.63) is 51.6 Å². The van der Waals surface area contributed by atoms with Gasteiger partial charge < -0.3 is 14.5 Å². The maximum Gasteiger partial charge on any atom is 0.290 e. The summed E-state index contributed by atoms with van der Waals surface area (Å²) in [7, 11) is 1.64. The first-order valence-corrected chi connectivity index (χ1v) is 6.94. The number of nitrogens with zero attached hydrogens (tertiary/aromatic N) is 2. The van der Waals surface area contributed by atoms with Crippen LogP contribution in [0.2, 0.25) is 0 Å². The number of nitro groups is 1. The van der Waals surface area contributed by atoms with Crippen LogP contribution in [-0.4, -0.2) is 23.6 Å².